The van der Waals surface area contributed by atoms with E-state index >= 15 is 0 Å². The summed E-state index contributed by atoms with van der Waals surface area (Å²) < 4.78 is 13.2. The van der Waals surface area contributed by atoms with Gasteiger partial charge in [0.05, 0.1) is 4.92 Å². The van der Waals surface area contributed by atoms with E-state index in [1.807, 2.05) is 0 Å². The zero-order chi connectivity index (χ0) is 15.7. The maximum Gasteiger partial charge on any atom is 0.305 e. The number of hydrogen-bond donors (Lipinski definition) is 1. The van der Waals surface area contributed by atoms with Crippen molar-refractivity contribution in [1.82, 2.24) is 10.2 Å². The van der Waals surface area contributed by atoms with Gasteiger partial charge in [0, 0.05) is 11.6 Å². The van der Waals surface area contributed by atoms with Crippen molar-refractivity contribution in [3.05, 3.63) is 39.7 Å². The number of carbonyl (C=O) groups is 3. The van der Waals surface area contributed by atoms with Gasteiger partial charge in [0.25, 0.3) is 5.91 Å². The van der Waals surface area contributed by atoms with Crippen LogP contribution < -0.4 is 5.32 Å². The van der Waals surface area contributed by atoms with Gasteiger partial charge in [-0.1, -0.05) is 0 Å². The Hall–Kier alpha value is -2.84. The number of rotatable bonds is 2. The van der Waals surface area contributed by atoms with Crippen LogP contribution in [0.15, 0.2) is 18.2 Å². The number of carbonyl (C=O) groups excluding carboxylic acids is 3. The van der Waals surface area contributed by atoms with Crippen molar-refractivity contribution in [2.45, 2.75) is 13.0 Å². The van der Waals surface area contributed by atoms with Crippen LogP contribution in [0.5, 0.6) is 0 Å². The molecule has 2 rings (SSSR count). The van der Waals surface area contributed by atoms with Gasteiger partial charge in [-0.2, -0.15) is 4.39 Å². The number of nitro benzene ring substituents is 1. The Balaban J connectivity index is 2.35. The van der Waals surface area contributed by atoms with Crippen LogP contribution in [0, 0.1) is 15.9 Å². The maximum atomic E-state index is 13.2. The predicted octanol–water partition coefficient (Wildman–Crippen LogP) is 0.221. The zero-order valence-corrected chi connectivity index (χ0v) is 10.8. The molecule has 0 spiro atoms. The van der Waals surface area contributed by atoms with Crippen LogP contribution in [0.1, 0.15) is 17.3 Å². The topological polar surface area (TPSA) is 110 Å². The summed E-state index contributed by atoms with van der Waals surface area (Å²) in [6.45, 7) is 1.06. The first-order valence-electron chi connectivity index (χ1n) is 5.90. The van der Waals surface area contributed by atoms with E-state index in [2.05, 4.69) is 5.32 Å². The molecule has 0 saturated carbocycles. The molecular weight excluding hydrogens is 285 g/mol. The maximum absolute atomic E-state index is 13.2. The van der Waals surface area contributed by atoms with Crippen molar-refractivity contribution in [3.63, 3.8) is 0 Å². The average Bonchev–Trinajstić information content (AvgIpc) is 2.42. The van der Waals surface area contributed by atoms with Crippen molar-refractivity contribution in [2.75, 3.05) is 6.54 Å². The number of amides is 3. The van der Waals surface area contributed by atoms with E-state index in [0.29, 0.717) is 0 Å². The van der Waals surface area contributed by atoms with E-state index in [1.54, 1.807) is 0 Å². The molecular formula is C12H10FN3O5. The van der Waals surface area contributed by atoms with Crippen molar-refractivity contribution in [3.8, 4) is 0 Å². The highest BCUT2D eigenvalue weighted by Crippen LogP contribution is 2.20. The minimum atomic E-state index is -1.07. The van der Waals surface area contributed by atoms with Crippen LogP contribution in [0.2, 0.25) is 0 Å². The van der Waals surface area contributed by atoms with E-state index < -0.39 is 40.2 Å². The molecule has 1 aliphatic rings. The number of nitrogens with one attached hydrogen (secondary N) is 1. The molecule has 1 aromatic carbocycles. The van der Waals surface area contributed by atoms with Gasteiger partial charge >= 0.3 is 5.69 Å². The first-order chi connectivity index (χ1) is 9.81. The van der Waals surface area contributed by atoms with Crippen molar-refractivity contribution < 1.29 is 23.7 Å². The van der Waals surface area contributed by atoms with Gasteiger partial charge in [-0.3, -0.25) is 29.8 Å². The fourth-order valence-corrected chi connectivity index (χ4v) is 1.91. The minimum absolute atomic E-state index is 0.169. The molecule has 0 aromatic heterocycles. The summed E-state index contributed by atoms with van der Waals surface area (Å²) in [5.74, 6) is -3.12. The summed E-state index contributed by atoms with van der Waals surface area (Å²) in [4.78, 5) is 45.7. The van der Waals surface area contributed by atoms with Crippen LogP contribution >= 0.6 is 0 Å². The van der Waals surface area contributed by atoms with Crippen LogP contribution in [0.3, 0.4) is 0 Å². The Morgan fingerprint density at radius 1 is 1.48 bits per heavy atom. The third-order valence-corrected chi connectivity index (χ3v) is 3.07. The molecule has 1 fully saturated rings. The summed E-state index contributed by atoms with van der Waals surface area (Å²) in [5, 5.41) is 12.7. The van der Waals surface area contributed by atoms with Crippen molar-refractivity contribution in [2.24, 2.45) is 0 Å². The predicted molar refractivity (Wildman–Crippen MR) is 66.7 cm³/mol. The van der Waals surface area contributed by atoms with Crippen molar-refractivity contribution >= 4 is 23.4 Å². The van der Waals surface area contributed by atoms with Gasteiger partial charge in [-0.05, 0) is 19.1 Å². The number of hydrogen-bond acceptors (Lipinski definition) is 5. The highest BCUT2D eigenvalue weighted by molar-refractivity contribution is 6.07. The molecule has 0 radical (unpaired) electrons. The second-order valence-electron chi connectivity index (χ2n) is 4.44. The third kappa shape index (κ3) is 2.71. The molecule has 1 aromatic rings. The molecule has 8 nitrogen and oxygen atoms in total. The van der Waals surface area contributed by atoms with Gasteiger partial charge in [-0.25, -0.2) is 0 Å². The van der Waals surface area contributed by atoms with E-state index in [9.17, 15) is 28.9 Å². The minimum Gasteiger partial charge on any atom is -0.318 e. The van der Waals surface area contributed by atoms with Gasteiger partial charge in [0.2, 0.25) is 17.6 Å². The molecule has 1 heterocycles. The molecule has 0 aliphatic carbocycles. The Morgan fingerprint density at radius 2 is 2.14 bits per heavy atom. The average molecular weight is 295 g/mol. The van der Waals surface area contributed by atoms with Crippen LogP contribution in [0.25, 0.3) is 0 Å². The number of nitro groups is 1. The van der Waals surface area contributed by atoms with Gasteiger partial charge in [0.15, 0.2) is 0 Å². The zero-order valence-electron chi connectivity index (χ0n) is 10.8. The number of halogens is 1. The molecule has 1 aliphatic heterocycles. The standard InChI is InChI=1S/C12H10FN3O5/c1-6-11(18)14-10(17)5-15(6)12(19)7-2-3-8(13)9(4-7)16(20)21/h2-4,6H,5H2,1H3,(H,14,17,18). The molecule has 9 heteroatoms. The van der Waals surface area contributed by atoms with Gasteiger partial charge in [-0.15, -0.1) is 0 Å². The van der Waals surface area contributed by atoms with Crippen LogP contribution in [0.4, 0.5) is 10.1 Å². The normalized spacial score (nSPS) is 18.4. The lowest BCUT2D eigenvalue weighted by Crippen LogP contribution is -2.58. The first kappa shape index (κ1) is 14.6. The lowest BCUT2D eigenvalue weighted by molar-refractivity contribution is -0.387. The second kappa shape index (κ2) is 5.27. The molecule has 1 N–H and O–H groups in total. The van der Waals surface area contributed by atoms with E-state index in [1.165, 1.54) is 6.92 Å². The lowest BCUT2D eigenvalue weighted by atomic mass is 10.1. The Kier molecular flexibility index (Phi) is 3.66. The number of imide groups is 1. The summed E-state index contributed by atoms with van der Waals surface area (Å²) in [5.41, 5.74) is -1.02. The third-order valence-electron chi connectivity index (χ3n) is 3.07. The molecule has 21 heavy (non-hydrogen) atoms. The summed E-state index contributed by atoms with van der Waals surface area (Å²) in [6.07, 6.45) is 0. The quantitative estimate of drug-likeness (QED) is 0.477. The lowest BCUT2D eigenvalue weighted by Gasteiger charge is -2.31. The second-order valence-corrected chi connectivity index (χ2v) is 4.44. The van der Waals surface area contributed by atoms with E-state index in [4.69, 9.17) is 0 Å². The summed E-state index contributed by atoms with van der Waals surface area (Å²) >= 11 is 0. The number of piperazine rings is 1. The molecule has 110 valence electrons. The number of benzene rings is 1. The van der Waals surface area contributed by atoms with Gasteiger partial charge < -0.3 is 4.90 Å². The molecule has 0 bridgehead atoms. The summed E-state index contributed by atoms with van der Waals surface area (Å²) in [7, 11) is 0. The largest absolute Gasteiger partial charge is 0.318 e. The molecule has 3 amide bonds. The van der Waals surface area contributed by atoms with E-state index in [-0.39, 0.29) is 12.1 Å². The fourth-order valence-electron chi connectivity index (χ4n) is 1.91. The highest BCUT2D eigenvalue weighted by Gasteiger charge is 2.34. The van der Waals surface area contributed by atoms with Crippen LogP contribution in [-0.4, -0.2) is 40.1 Å². The SMILES string of the molecule is CC1C(=O)NC(=O)CN1C(=O)c1ccc(F)c([N+](=O)[O-])c1. The first-order valence-corrected chi connectivity index (χ1v) is 5.90. The molecule has 1 unspecified atom stereocenters. The molecule has 1 atom stereocenters. The Morgan fingerprint density at radius 3 is 2.76 bits per heavy atom. The highest BCUT2D eigenvalue weighted by atomic mass is 19.1. The van der Waals surface area contributed by atoms with Crippen molar-refractivity contribution in [1.29, 1.82) is 0 Å². The monoisotopic (exact) mass is 295 g/mol. The number of nitrogens with zero attached hydrogens (tertiary/aromatic N) is 2. The molecule has 1 saturated heterocycles. The van der Waals surface area contributed by atoms with E-state index in [0.717, 1.165) is 23.1 Å². The smallest absolute Gasteiger partial charge is 0.305 e. The Labute approximate surface area is 117 Å². The summed E-state index contributed by atoms with van der Waals surface area (Å²) in [6, 6.07) is 1.73. The van der Waals surface area contributed by atoms with Gasteiger partial charge in [0.1, 0.15) is 12.6 Å². The Bertz CT molecular complexity index is 660. The van der Waals surface area contributed by atoms with Crippen LogP contribution in [-0.2, 0) is 9.59 Å². The fraction of sp³-hybridized carbons (Fsp3) is 0.250.